The van der Waals surface area contributed by atoms with Gasteiger partial charge in [-0.15, -0.1) is 0 Å². The van der Waals surface area contributed by atoms with Crippen molar-refractivity contribution < 1.29 is 18.7 Å². The van der Waals surface area contributed by atoms with Crippen LogP contribution in [-0.4, -0.2) is 41.9 Å². The quantitative estimate of drug-likeness (QED) is 0.896. The molecule has 1 N–H and O–H groups in total. The van der Waals surface area contributed by atoms with Gasteiger partial charge in [0.1, 0.15) is 6.26 Å². The molecular formula is C18H21N3O4. The van der Waals surface area contributed by atoms with E-state index in [2.05, 4.69) is 10.3 Å². The summed E-state index contributed by atoms with van der Waals surface area (Å²) < 4.78 is 9.96. The van der Waals surface area contributed by atoms with Gasteiger partial charge in [0.25, 0.3) is 5.91 Å². The average molecular weight is 343 g/mol. The van der Waals surface area contributed by atoms with Gasteiger partial charge in [0.2, 0.25) is 11.8 Å². The summed E-state index contributed by atoms with van der Waals surface area (Å²) in [5, 5.41) is 2.94. The first kappa shape index (κ1) is 17.0. The largest absolute Gasteiger partial charge is 0.481 e. The predicted octanol–water partition coefficient (Wildman–Crippen LogP) is 1.85. The summed E-state index contributed by atoms with van der Waals surface area (Å²) in [5.74, 6) is 0.451. The fourth-order valence-corrected chi connectivity index (χ4v) is 2.88. The van der Waals surface area contributed by atoms with E-state index in [1.807, 2.05) is 6.07 Å². The Morgan fingerprint density at radius 1 is 1.32 bits per heavy atom. The molecule has 132 valence electrons. The van der Waals surface area contributed by atoms with Crippen molar-refractivity contribution >= 4 is 11.8 Å². The van der Waals surface area contributed by atoms with Crippen LogP contribution in [0.4, 0.5) is 0 Å². The number of pyridine rings is 1. The summed E-state index contributed by atoms with van der Waals surface area (Å²) in [4.78, 5) is 30.5. The van der Waals surface area contributed by atoms with Gasteiger partial charge in [0.15, 0.2) is 0 Å². The third kappa shape index (κ3) is 4.17. The van der Waals surface area contributed by atoms with E-state index in [4.69, 9.17) is 9.15 Å². The zero-order chi connectivity index (χ0) is 17.6. The maximum atomic E-state index is 12.3. The minimum absolute atomic E-state index is 0.0197. The maximum absolute atomic E-state index is 12.3. The standard InChI is InChI=1S/C18H21N3O4/c1-24-16-3-2-13(10-19-16)11-20-17(22)14-4-7-21(8-5-14)18(23)15-6-9-25-12-15/h2-3,6,9-10,12,14H,4-5,7-8,11H2,1H3,(H,20,22). The topological polar surface area (TPSA) is 84.7 Å². The van der Waals surface area contributed by atoms with Crippen molar-refractivity contribution in [1.29, 1.82) is 0 Å². The number of nitrogens with one attached hydrogen (secondary N) is 1. The van der Waals surface area contributed by atoms with Crippen LogP contribution in [0, 0.1) is 5.92 Å². The number of carbonyl (C=O) groups is 2. The Labute approximate surface area is 146 Å². The van der Waals surface area contributed by atoms with Crippen molar-refractivity contribution in [2.75, 3.05) is 20.2 Å². The molecule has 0 unspecified atom stereocenters. The van der Waals surface area contributed by atoms with Crippen LogP contribution in [0.5, 0.6) is 5.88 Å². The fourth-order valence-electron chi connectivity index (χ4n) is 2.88. The molecule has 1 aliphatic rings. The lowest BCUT2D eigenvalue weighted by Gasteiger charge is -2.31. The number of furan rings is 1. The summed E-state index contributed by atoms with van der Waals surface area (Å²) in [7, 11) is 1.56. The molecule has 25 heavy (non-hydrogen) atoms. The summed E-state index contributed by atoms with van der Waals surface area (Å²) >= 11 is 0. The van der Waals surface area contributed by atoms with Crippen molar-refractivity contribution in [3.8, 4) is 5.88 Å². The van der Waals surface area contributed by atoms with E-state index in [0.717, 1.165) is 5.56 Å². The molecule has 1 fully saturated rings. The van der Waals surface area contributed by atoms with Crippen LogP contribution in [0.1, 0.15) is 28.8 Å². The molecule has 3 heterocycles. The molecule has 7 heteroatoms. The van der Waals surface area contributed by atoms with Gasteiger partial charge in [-0.05, 0) is 24.5 Å². The van der Waals surface area contributed by atoms with E-state index < -0.39 is 0 Å². The van der Waals surface area contributed by atoms with Crippen molar-refractivity contribution in [1.82, 2.24) is 15.2 Å². The third-order valence-corrected chi connectivity index (χ3v) is 4.39. The Morgan fingerprint density at radius 3 is 2.72 bits per heavy atom. The zero-order valence-electron chi connectivity index (χ0n) is 14.1. The molecule has 0 aromatic carbocycles. The average Bonchev–Trinajstić information content (AvgIpc) is 3.21. The molecule has 1 aliphatic heterocycles. The normalized spacial score (nSPS) is 15.0. The van der Waals surface area contributed by atoms with E-state index in [9.17, 15) is 9.59 Å². The number of amides is 2. The molecule has 2 aromatic rings. The van der Waals surface area contributed by atoms with E-state index in [1.54, 1.807) is 30.3 Å². The first-order chi connectivity index (χ1) is 12.2. The van der Waals surface area contributed by atoms with Crippen molar-refractivity contribution in [3.63, 3.8) is 0 Å². The van der Waals surface area contributed by atoms with Gasteiger partial charge < -0.3 is 19.4 Å². The van der Waals surface area contributed by atoms with Gasteiger partial charge in [-0.3, -0.25) is 9.59 Å². The molecular weight excluding hydrogens is 322 g/mol. The summed E-state index contributed by atoms with van der Waals surface area (Å²) in [5.41, 5.74) is 1.47. The number of rotatable bonds is 5. The lowest BCUT2D eigenvalue weighted by molar-refractivity contribution is -0.126. The van der Waals surface area contributed by atoms with Gasteiger partial charge in [0, 0.05) is 37.8 Å². The molecule has 3 rings (SSSR count). The Morgan fingerprint density at radius 2 is 2.12 bits per heavy atom. The monoisotopic (exact) mass is 343 g/mol. The minimum atomic E-state index is -0.0698. The molecule has 2 aromatic heterocycles. The highest BCUT2D eigenvalue weighted by molar-refractivity contribution is 5.94. The summed E-state index contributed by atoms with van der Waals surface area (Å²) in [6, 6.07) is 5.30. The summed E-state index contributed by atoms with van der Waals surface area (Å²) in [6.07, 6.45) is 5.95. The van der Waals surface area contributed by atoms with Crippen LogP contribution in [0.15, 0.2) is 41.3 Å². The molecule has 0 bridgehead atoms. The molecule has 1 saturated heterocycles. The Kier molecular flexibility index (Phi) is 5.33. The smallest absolute Gasteiger partial charge is 0.257 e. The molecule has 0 aliphatic carbocycles. The summed E-state index contributed by atoms with van der Waals surface area (Å²) in [6.45, 7) is 1.59. The molecule has 0 radical (unpaired) electrons. The van der Waals surface area contributed by atoms with Crippen LogP contribution >= 0.6 is 0 Å². The van der Waals surface area contributed by atoms with Crippen LogP contribution < -0.4 is 10.1 Å². The molecule has 0 saturated carbocycles. The van der Waals surface area contributed by atoms with E-state index in [1.165, 1.54) is 12.5 Å². The molecule has 2 amide bonds. The molecule has 0 atom stereocenters. The fraction of sp³-hybridized carbons (Fsp3) is 0.389. The first-order valence-electron chi connectivity index (χ1n) is 8.25. The van der Waals surface area contributed by atoms with Crippen LogP contribution in [0.25, 0.3) is 0 Å². The minimum Gasteiger partial charge on any atom is -0.481 e. The lowest BCUT2D eigenvalue weighted by Crippen LogP contribution is -2.42. The maximum Gasteiger partial charge on any atom is 0.257 e. The number of ether oxygens (including phenoxy) is 1. The lowest BCUT2D eigenvalue weighted by atomic mass is 9.95. The second-order valence-corrected chi connectivity index (χ2v) is 6.01. The van der Waals surface area contributed by atoms with E-state index in [-0.39, 0.29) is 17.7 Å². The Balaban J connectivity index is 1.45. The van der Waals surface area contributed by atoms with Gasteiger partial charge in [-0.1, -0.05) is 6.07 Å². The van der Waals surface area contributed by atoms with Gasteiger partial charge in [-0.25, -0.2) is 4.98 Å². The number of likely N-dealkylation sites (tertiary alicyclic amines) is 1. The highest BCUT2D eigenvalue weighted by Gasteiger charge is 2.28. The number of nitrogens with zero attached hydrogens (tertiary/aromatic N) is 2. The van der Waals surface area contributed by atoms with E-state index >= 15 is 0 Å². The Bertz CT molecular complexity index is 704. The van der Waals surface area contributed by atoms with Crippen molar-refractivity contribution in [2.24, 2.45) is 5.92 Å². The van der Waals surface area contributed by atoms with Crippen LogP contribution in [-0.2, 0) is 11.3 Å². The van der Waals surface area contributed by atoms with Gasteiger partial charge in [0.05, 0.1) is 18.9 Å². The second kappa shape index (κ2) is 7.83. The molecule has 7 nitrogen and oxygen atoms in total. The SMILES string of the molecule is COc1ccc(CNC(=O)C2CCN(C(=O)c3ccoc3)CC2)cn1. The van der Waals surface area contributed by atoms with Crippen LogP contribution in [0.3, 0.4) is 0 Å². The highest BCUT2D eigenvalue weighted by atomic mass is 16.5. The number of aromatic nitrogens is 1. The number of carbonyl (C=O) groups excluding carboxylic acids is 2. The number of methoxy groups -OCH3 is 1. The predicted molar refractivity (Wildman–Crippen MR) is 90.0 cm³/mol. The van der Waals surface area contributed by atoms with E-state index in [0.29, 0.717) is 43.9 Å². The second-order valence-electron chi connectivity index (χ2n) is 6.01. The number of hydrogen-bond acceptors (Lipinski definition) is 5. The molecule has 0 spiro atoms. The van der Waals surface area contributed by atoms with Gasteiger partial charge in [-0.2, -0.15) is 0 Å². The zero-order valence-corrected chi connectivity index (χ0v) is 14.1. The highest BCUT2D eigenvalue weighted by Crippen LogP contribution is 2.19. The first-order valence-corrected chi connectivity index (χ1v) is 8.25. The van der Waals surface area contributed by atoms with Crippen LogP contribution in [0.2, 0.25) is 0 Å². The third-order valence-electron chi connectivity index (χ3n) is 4.39. The van der Waals surface area contributed by atoms with Crippen molar-refractivity contribution in [2.45, 2.75) is 19.4 Å². The van der Waals surface area contributed by atoms with Crippen molar-refractivity contribution in [3.05, 3.63) is 48.0 Å². The Hall–Kier alpha value is -2.83. The van der Waals surface area contributed by atoms with Gasteiger partial charge >= 0.3 is 0 Å². The number of hydrogen-bond donors (Lipinski definition) is 1. The number of piperidine rings is 1.